The van der Waals surface area contributed by atoms with Crippen molar-refractivity contribution in [2.45, 2.75) is 13.8 Å². The Labute approximate surface area is 47.9 Å². The van der Waals surface area contributed by atoms with E-state index in [0.717, 1.165) is 5.57 Å². The Morgan fingerprint density at radius 3 is 2.25 bits per heavy atom. The molecule has 0 unspecified atom stereocenters. The molecule has 0 spiro atoms. The van der Waals surface area contributed by atoms with Crippen LogP contribution in [0.25, 0.3) is 0 Å². The van der Waals surface area contributed by atoms with Crippen molar-refractivity contribution in [3.8, 4) is 0 Å². The third-order valence-electron chi connectivity index (χ3n) is 1.14. The van der Waals surface area contributed by atoms with E-state index in [1.54, 1.807) is 20.0 Å². The first kappa shape index (κ1) is 5.22. The third kappa shape index (κ3) is 0.579. The normalized spacial score (nSPS) is 18.5. The van der Waals surface area contributed by atoms with Crippen LogP contribution in [-0.4, -0.2) is 11.5 Å². The van der Waals surface area contributed by atoms with E-state index < -0.39 is 0 Å². The Morgan fingerprint density at radius 2 is 2.12 bits per heavy atom. The molecule has 0 fully saturated rings. The molecule has 0 radical (unpaired) electrons. The summed E-state index contributed by atoms with van der Waals surface area (Å²) in [6, 6.07) is 0. The number of rotatable bonds is 0. The van der Waals surface area contributed by atoms with Crippen molar-refractivity contribution in [1.29, 1.82) is 0 Å². The van der Waals surface area contributed by atoms with Gasteiger partial charge >= 0.3 is 0 Å². The van der Waals surface area contributed by atoms with Gasteiger partial charge in [0.25, 0.3) is 0 Å². The monoisotopic (exact) mass is 109 g/mol. The lowest BCUT2D eigenvalue weighted by atomic mass is 10.2. The van der Waals surface area contributed by atoms with E-state index in [4.69, 9.17) is 0 Å². The second-order valence-corrected chi connectivity index (χ2v) is 1.86. The molecule has 1 aliphatic rings. The van der Waals surface area contributed by atoms with Crippen molar-refractivity contribution in [2.24, 2.45) is 4.99 Å². The van der Waals surface area contributed by atoms with Crippen LogP contribution < -0.4 is 0 Å². The minimum atomic E-state index is 0.0741. The summed E-state index contributed by atoms with van der Waals surface area (Å²) < 4.78 is 0. The molecular weight excluding hydrogens is 102 g/mol. The molecule has 0 bridgehead atoms. The van der Waals surface area contributed by atoms with E-state index in [2.05, 4.69) is 4.99 Å². The predicted molar refractivity (Wildman–Crippen MR) is 31.9 cm³/mol. The molecule has 0 aromatic rings. The highest BCUT2D eigenvalue weighted by Gasteiger charge is 2.11. The van der Waals surface area contributed by atoms with Crippen LogP contribution in [0.5, 0.6) is 0 Å². The fourth-order valence-electron chi connectivity index (χ4n) is 0.596. The van der Waals surface area contributed by atoms with Crippen molar-refractivity contribution in [1.82, 2.24) is 0 Å². The molecule has 42 valence electrons. The molecule has 8 heavy (non-hydrogen) atoms. The number of hydrogen-bond donors (Lipinski definition) is 0. The molecule has 1 aliphatic heterocycles. The predicted octanol–water partition coefficient (Wildman–Crippen LogP) is 0.934. The van der Waals surface area contributed by atoms with Gasteiger partial charge in [-0.3, -0.25) is 9.79 Å². The van der Waals surface area contributed by atoms with Gasteiger partial charge in [0.2, 0.25) is 5.78 Å². The zero-order valence-corrected chi connectivity index (χ0v) is 4.93. The van der Waals surface area contributed by atoms with Crippen molar-refractivity contribution in [3.63, 3.8) is 0 Å². The molecule has 2 nitrogen and oxygen atoms in total. The third-order valence-corrected chi connectivity index (χ3v) is 1.14. The lowest BCUT2D eigenvalue weighted by molar-refractivity contribution is -0.109. The van der Waals surface area contributed by atoms with Gasteiger partial charge in [0.15, 0.2) is 0 Å². The quantitative estimate of drug-likeness (QED) is 0.455. The van der Waals surface area contributed by atoms with Crippen LogP contribution in [0.1, 0.15) is 13.8 Å². The van der Waals surface area contributed by atoms with Gasteiger partial charge in [0, 0.05) is 11.8 Å². The summed E-state index contributed by atoms with van der Waals surface area (Å²) in [5.41, 5.74) is 1.34. The maximum atomic E-state index is 10.7. The van der Waals surface area contributed by atoms with Crippen LogP contribution >= 0.6 is 0 Å². The van der Waals surface area contributed by atoms with Crippen molar-refractivity contribution < 1.29 is 4.79 Å². The first-order valence-corrected chi connectivity index (χ1v) is 2.47. The molecule has 0 saturated heterocycles. The Balaban J connectivity index is 2.92. The van der Waals surface area contributed by atoms with E-state index in [-0.39, 0.29) is 5.78 Å². The van der Waals surface area contributed by atoms with E-state index >= 15 is 0 Å². The highest BCUT2D eigenvalue weighted by molar-refractivity contribution is 6.46. The highest BCUT2D eigenvalue weighted by atomic mass is 16.1. The van der Waals surface area contributed by atoms with Crippen LogP contribution in [0.2, 0.25) is 0 Å². The number of nitrogens with zero attached hydrogens (tertiary/aromatic N) is 1. The Bertz CT molecular complexity index is 169. The minimum absolute atomic E-state index is 0.0741. The van der Waals surface area contributed by atoms with Crippen molar-refractivity contribution in [3.05, 3.63) is 11.8 Å². The molecule has 2 heteroatoms. The molecular formula is C6H7NO. The van der Waals surface area contributed by atoms with Gasteiger partial charge in [0.05, 0.1) is 5.71 Å². The summed E-state index contributed by atoms with van der Waals surface area (Å²) in [4.78, 5) is 14.5. The molecule has 0 aliphatic carbocycles. The topological polar surface area (TPSA) is 29.4 Å². The van der Waals surface area contributed by atoms with Gasteiger partial charge in [-0.05, 0) is 13.8 Å². The first-order chi connectivity index (χ1) is 3.72. The summed E-state index contributed by atoms with van der Waals surface area (Å²) in [7, 11) is 0. The van der Waals surface area contributed by atoms with E-state index in [9.17, 15) is 4.79 Å². The van der Waals surface area contributed by atoms with Gasteiger partial charge in [-0.15, -0.1) is 0 Å². The van der Waals surface area contributed by atoms with E-state index in [0.29, 0.717) is 5.71 Å². The second kappa shape index (κ2) is 1.54. The van der Waals surface area contributed by atoms with Crippen LogP contribution in [0.15, 0.2) is 16.8 Å². The lowest BCUT2D eigenvalue weighted by Crippen LogP contribution is -2.04. The van der Waals surface area contributed by atoms with Crippen LogP contribution in [0, 0.1) is 0 Å². The smallest absolute Gasteiger partial charge is 0.204 e. The minimum Gasteiger partial charge on any atom is -0.288 e. The zero-order chi connectivity index (χ0) is 6.15. The molecule has 1 rings (SSSR count). The van der Waals surface area contributed by atoms with Crippen LogP contribution in [-0.2, 0) is 4.79 Å². The van der Waals surface area contributed by atoms with Gasteiger partial charge < -0.3 is 0 Å². The number of carbonyl (C=O) groups excluding carboxylic acids is 1. The first-order valence-electron chi connectivity index (χ1n) is 2.47. The molecule has 0 amide bonds. The largest absolute Gasteiger partial charge is 0.288 e. The standard InChI is InChI=1S/C6H7NO/c1-4-3-7-5(2)6(4)8/h3H,1-2H3. The molecule has 0 aromatic heterocycles. The average molecular weight is 109 g/mol. The summed E-state index contributed by atoms with van der Waals surface area (Å²) in [6.07, 6.45) is 1.59. The van der Waals surface area contributed by atoms with Gasteiger partial charge in [-0.25, -0.2) is 0 Å². The Hall–Kier alpha value is -0.920. The number of allylic oxidation sites excluding steroid dienone is 1. The highest BCUT2D eigenvalue weighted by Crippen LogP contribution is 2.04. The summed E-state index contributed by atoms with van der Waals surface area (Å²) in [6.45, 7) is 3.48. The van der Waals surface area contributed by atoms with E-state index in [1.807, 2.05) is 0 Å². The van der Waals surface area contributed by atoms with Gasteiger partial charge in [0.1, 0.15) is 0 Å². The number of ketones is 1. The molecule has 0 atom stereocenters. The van der Waals surface area contributed by atoms with Crippen LogP contribution in [0.4, 0.5) is 0 Å². The maximum Gasteiger partial charge on any atom is 0.204 e. The van der Waals surface area contributed by atoms with Crippen LogP contribution in [0.3, 0.4) is 0 Å². The fourth-order valence-corrected chi connectivity index (χ4v) is 0.596. The SMILES string of the molecule is CC1=CN=C(C)C1=O. The average Bonchev–Trinajstić information content (AvgIpc) is 1.98. The molecule has 1 heterocycles. The summed E-state index contributed by atoms with van der Waals surface area (Å²) in [5, 5.41) is 0. The van der Waals surface area contributed by atoms with E-state index in [1.165, 1.54) is 0 Å². The van der Waals surface area contributed by atoms with Gasteiger partial charge in [-0.2, -0.15) is 0 Å². The van der Waals surface area contributed by atoms with Crippen molar-refractivity contribution in [2.75, 3.05) is 0 Å². The zero-order valence-electron chi connectivity index (χ0n) is 4.93. The number of aliphatic imine (C=N–C) groups is 1. The fraction of sp³-hybridized carbons (Fsp3) is 0.333. The molecule has 0 N–H and O–H groups in total. The molecule has 0 aromatic carbocycles. The molecule has 0 saturated carbocycles. The second-order valence-electron chi connectivity index (χ2n) is 1.86. The summed E-state index contributed by atoms with van der Waals surface area (Å²) >= 11 is 0. The Kier molecular flexibility index (Phi) is 1.01. The number of Topliss-reactive ketones (excluding diaryl/α,β-unsaturated/α-hetero) is 1. The number of hydrogen-bond acceptors (Lipinski definition) is 2. The maximum absolute atomic E-state index is 10.7. The Morgan fingerprint density at radius 1 is 1.50 bits per heavy atom. The van der Waals surface area contributed by atoms with Crippen molar-refractivity contribution >= 4 is 11.5 Å². The summed E-state index contributed by atoms with van der Waals surface area (Å²) in [5.74, 6) is 0.0741. The number of carbonyl (C=O) groups is 1. The lowest BCUT2D eigenvalue weighted by Gasteiger charge is -1.84. The van der Waals surface area contributed by atoms with Gasteiger partial charge in [-0.1, -0.05) is 0 Å².